The van der Waals surface area contributed by atoms with E-state index in [0.29, 0.717) is 19.5 Å². The van der Waals surface area contributed by atoms with Crippen LogP contribution in [-0.4, -0.2) is 41.7 Å². The summed E-state index contributed by atoms with van der Waals surface area (Å²) in [6.45, 7) is 0.506. The lowest BCUT2D eigenvalue weighted by Crippen LogP contribution is -2.29. The molecule has 0 aromatic heterocycles. The smallest absolute Gasteiger partial charge is 0.306 e. The zero-order chi connectivity index (χ0) is 20.5. The molecule has 2 aromatic carbocycles. The third-order valence-electron chi connectivity index (χ3n) is 4.44. The maximum absolute atomic E-state index is 12.3. The molecule has 3 rings (SSSR count). The van der Waals surface area contributed by atoms with Crippen LogP contribution in [0.15, 0.2) is 65.8 Å². The molecule has 0 saturated carbocycles. The Bertz CT molecular complexity index is 881. The molecule has 2 amide bonds. The molecular weight excluding hydrogens is 370 g/mol. The van der Waals surface area contributed by atoms with Gasteiger partial charge in [-0.05, 0) is 11.1 Å². The van der Waals surface area contributed by atoms with Crippen LogP contribution in [0.1, 0.15) is 30.4 Å². The molecule has 1 aliphatic rings. The normalized spacial score (nSPS) is 13.0. The third kappa shape index (κ3) is 6.27. The van der Waals surface area contributed by atoms with E-state index < -0.39 is 5.97 Å². The first-order chi connectivity index (χ1) is 14.1. The van der Waals surface area contributed by atoms with Gasteiger partial charge >= 0.3 is 5.97 Å². The summed E-state index contributed by atoms with van der Waals surface area (Å²) >= 11 is 0. The second-order valence-electron chi connectivity index (χ2n) is 6.60. The van der Waals surface area contributed by atoms with Crippen LogP contribution >= 0.6 is 0 Å². The molecular formula is C22H23N3O4. The van der Waals surface area contributed by atoms with Gasteiger partial charge in [-0.25, -0.2) is 5.01 Å². The summed E-state index contributed by atoms with van der Waals surface area (Å²) in [4.78, 5) is 35.8. The van der Waals surface area contributed by atoms with Crippen molar-refractivity contribution in [2.24, 2.45) is 5.10 Å². The van der Waals surface area contributed by atoms with Gasteiger partial charge in [-0.15, -0.1) is 0 Å². The Morgan fingerprint density at radius 1 is 0.966 bits per heavy atom. The predicted molar refractivity (Wildman–Crippen MR) is 108 cm³/mol. The number of rotatable bonds is 8. The number of nitrogens with zero attached hydrogens (tertiary/aromatic N) is 2. The number of carbonyl (C=O) groups excluding carboxylic acids is 3. The maximum Gasteiger partial charge on any atom is 0.306 e. The van der Waals surface area contributed by atoms with Gasteiger partial charge in [0.2, 0.25) is 5.91 Å². The number of amides is 2. The second kappa shape index (κ2) is 10.2. The number of ether oxygens (including phenoxy) is 1. The summed E-state index contributed by atoms with van der Waals surface area (Å²) < 4.78 is 4.94. The Balaban J connectivity index is 1.35. The van der Waals surface area contributed by atoms with Gasteiger partial charge in [0, 0.05) is 19.4 Å². The average molecular weight is 393 g/mol. The molecule has 0 atom stereocenters. The SMILES string of the molecule is O=C(COC(=O)CCC(=O)N1CCC(c2ccccc2)=N1)NCc1ccccc1. The highest BCUT2D eigenvalue weighted by atomic mass is 16.5. The topological polar surface area (TPSA) is 88.1 Å². The lowest BCUT2D eigenvalue weighted by Gasteiger charge is -2.11. The summed E-state index contributed by atoms with van der Waals surface area (Å²) in [5.74, 6) is -1.20. The van der Waals surface area contributed by atoms with Gasteiger partial charge in [-0.1, -0.05) is 60.7 Å². The minimum Gasteiger partial charge on any atom is -0.456 e. The molecule has 7 heteroatoms. The van der Waals surface area contributed by atoms with Crippen LogP contribution in [0.2, 0.25) is 0 Å². The van der Waals surface area contributed by atoms with Gasteiger partial charge in [0.05, 0.1) is 18.7 Å². The minimum absolute atomic E-state index is 0.00393. The fourth-order valence-corrected chi connectivity index (χ4v) is 2.87. The van der Waals surface area contributed by atoms with E-state index in [9.17, 15) is 14.4 Å². The predicted octanol–water partition coefficient (Wildman–Crippen LogP) is 2.26. The van der Waals surface area contributed by atoms with Crippen molar-refractivity contribution < 1.29 is 19.1 Å². The Kier molecular flexibility index (Phi) is 7.10. The quantitative estimate of drug-likeness (QED) is 0.697. The highest BCUT2D eigenvalue weighted by molar-refractivity contribution is 6.02. The van der Waals surface area contributed by atoms with E-state index in [1.54, 1.807) is 0 Å². The van der Waals surface area contributed by atoms with Crippen LogP contribution in [0.5, 0.6) is 0 Å². The Morgan fingerprint density at radius 2 is 1.66 bits per heavy atom. The number of carbonyl (C=O) groups is 3. The van der Waals surface area contributed by atoms with Crippen molar-refractivity contribution in [3.63, 3.8) is 0 Å². The highest BCUT2D eigenvalue weighted by Gasteiger charge is 2.22. The van der Waals surface area contributed by atoms with Gasteiger partial charge in [-0.3, -0.25) is 14.4 Å². The zero-order valence-electron chi connectivity index (χ0n) is 16.0. The van der Waals surface area contributed by atoms with Crippen LogP contribution in [0.4, 0.5) is 0 Å². The van der Waals surface area contributed by atoms with Gasteiger partial charge < -0.3 is 10.1 Å². The number of esters is 1. The number of hydrazone groups is 1. The van der Waals surface area contributed by atoms with Crippen molar-refractivity contribution in [3.8, 4) is 0 Å². The zero-order valence-corrected chi connectivity index (χ0v) is 16.0. The largest absolute Gasteiger partial charge is 0.456 e. The molecule has 0 spiro atoms. The van der Waals surface area contributed by atoms with E-state index >= 15 is 0 Å². The van der Waals surface area contributed by atoms with E-state index in [4.69, 9.17) is 4.74 Å². The summed E-state index contributed by atoms with van der Waals surface area (Å²) in [5, 5.41) is 8.41. The van der Waals surface area contributed by atoms with Gasteiger partial charge in [-0.2, -0.15) is 5.10 Å². The Hall–Kier alpha value is -3.48. The second-order valence-corrected chi connectivity index (χ2v) is 6.60. The minimum atomic E-state index is -0.584. The average Bonchev–Trinajstić information content (AvgIpc) is 3.26. The summed E-state index contributed by atoms with van der Waals surface area (Å²) in [6.07, 6.45) is 0.593. The van der Waals surface area contributed by atoms with Crippen molar-refractivity contribution in [3.05, 3.63) is 71.8 Å². The van der Waals surface area contributed by atoms with Gasteiger partial charge in [0.1, 0.15) is 0 Å². The fourth-order valence-electron chi connectivity index (χ4n) is 2.87. The van der Waals surface area contributed by atoms with Crippen LogP contribution in [0, 0.1) is 0 Å². The maximum atomic E-state index is 12.3. The molecule has 0 unspecified atom stereocenters. The first-order valence-electron chi connectivity index (χ1n) is 9.51. The van der Waals surface area contributed by atoms with E-state index in [0.717, 1.165) is 16.8 Å². The first-order valence-corrected chi connectivity index (χ1v) is 9.51. The van der Waals surface area contributed by atoms with Crippen molar-refractivity contribution in [2.45, 2.75) is 25.8 Å². The Labute approximate surface area is 169 Å². The number of hydrogen-bond donors (Lipinski definition) is 1. The van der Waals surface area contributed by atoms with Gasteiger partial charge in [0.15, 0.2) is 6.61 Å². The standard InChI is InChI=1S/C22H23N3O4/c26-20(23-15-17-7-3-1-4-8-17)16-29-22(28)12-11-21(27)25-14-13-19(24-25)18-9-5-2-6-10-18/h1-10H,11-16H2,(H,23,26). The third-order valence-corrected chi connectivity index (χ3v) is 4.44. The van der Waals surface area contributed by atoms with Crippen molar-refractivity contribution >= 4 is 23.5 Å². The van der Waals surface area contributed by atoms with Crippen molar-refractivity contribution in [1.82, 2.24) is 10.3 Å². The molecule has 7 nitrogen and oxygen atoms in total. The van der Waals surface area contributed by atoms with E-state index in [-0.39, 0.29) is 31.3 Å². The molecule has 0 radical (unpaired) electrons. The molecule has 29 heavy (non-hydrogen) atoms. The van der Waals surface area contributed by atoms with E-state index in [2.05, 4.69) is 10.4 Å². The van der Waals surface area contributed by atoms with E-state index in [1.165, 1.54) is 5.01 Å². The lowest BCUT2D eigenvalue weighted by molar-refractivity contribution is -0.150. The number of nitrogens with one attached hydrogen (secondary N) is 1. The highest BCUT2D eigenvalue weighted by Crippen LogP contribution is 2.15. The summed E-state index contributed by atoms with van der Waals surface area (Å²) in [7, 11) is 0. The molecule has 150 valence electrons. The first kappa shape index (κ1) is 20.3. The molecule has 0 aliphatic carbocycles. The monoisotopic (exact) mass is 393 g/mol. The van der Waals surface area contributed by atoms with Crippen molar-refractivity contribution in [2.75, 3.05) is 13.2 Å². The summed E-state index contributed by atoms with van der Waals surface area (Å²) in [5.41, 5.74) is 2.80. The molecule has 1 aliphatic heterocycles. The molecule has 0 fully saturated rings. The van der Waals surface area contributed by atoms with Crippen LogP contribution < -0.4 is 5.32 Å². The summed E-state index contributed by atoms with van der Waals surface area (Å²) in [6, 6.07) is 19.1. The molecule has 1 N–H and O–H groups in total. The lowest BCUT2D eigenvalue weighted by atomic mass is 10.1. The van der Waals surface area contributed by atoms with Gasteiger partial charge in [0.25, 0.3) is 5.91 Å². The van der Waals surface area contributed by atoms with Crippen LogP contribution in [0.25, 0.3) is 0 Å². The number of benzene rings is 2. The van der Waals surface area contributed by atoms with Crippen LogP contribution in [-0.2, 0) is 25.7 Å². The van der Waals surface area contributed by atoms with E-state index in [1.807, 2.05) is 60.7 Å². The van der Waals surface area contributed by atoms with Crippen molar-refractivity contribution in [1.29, 1.82) is 0 Å². The molecule has 2 aromatic rings. The molecule has 1 heterocycles. The Morgan fingerprint density at radius 3 is 2.38 bits per heavy atom. The number of hydrogen-bond acceptors (Lipinski definition) is 5. The molecule has 0 bridgehead atoms. The molecule has 0 saturated heterocycles. The van der Waals surface area contributed by atoms with Crippen LogP contribution in [0.3, 0.4) is 0 Å². The fraction of sp³-hybridized carbons (Fsp3) is 0.273.